The van der Waals surface area contributed by atoms with Crippen molar-refractivity contribution in [2.24, 2.45) is 5.16 Å². The van der Waals surface area contributed by atoms with Crippen LogP contribution in [0.25, 0.3) is 0 Å². The van der Waals surface area contributed by atoms with Gasteiger partial charge in [-0.1, -0.05) is 58.7 Å². The molecule has 10 heteroatoms. The van der Waals surface area contributed by atoms with Crippen LogP contribution < -0.4 is 4.90 Å². The number of likely N-dealkylation sites (tertiary alicyclic amines) is 1. The molecule has 0 aliphatic carbocycles. The largest absolute Gasteiger partial charge is 0.391 e. The highest BCUT2D eigenvalue weighted by Crippen LogP contribution is 2.28. The predicted octanol–water partition coefficient (Wildman–Crippen LogP) is 5.00. The number of rotatable bonds is 6. The fourth-order valence-corrected chi connectivity index (χ4v) is 5.20. The van der Waals surface area contributed by atoms with Crippen molar-refractivity contribution in [2.75, 3.05) is 37.6 Å². The number of nitriles is 1. The Morgan fingerprint density at radius 1 is 0.950 bits per heavy atom. The van der Waals surface area contributed by atoms with E-state index in [0.717, 1.165) is 11.3 Å². The molecule has 3 aromatic rings. The summed E-state index contributed by atoms with van der Waals surface area (Å²) in [4.78, 5) is 38.4. The van der Waals surface area contributed by atoms with E-state index in [0.29, 0.717) is 66.1 Å². The van der Waals surface area contributed by atoms with Crippen LogP contribution in [0.2, 0.25) is 10.0 Å². The van der Waals surface area contributed by atoms with Crippen LogP contribution in [0.5, 0.6) is 0 Å². The Morgan fingerprint density at radius 3 is 2.35 bits per heavy atom. The average molecular weight is 576 g/mol. The molecular weight excluding hydrogens is 549 g/mol. The number of nitrogens with zero attached hydrogens (tertiary/aromatic N) is 5. The number of anilines is 1. The molecule has 0 saturated carbocycles. The second-order valence-corrected chi connectivity index (χ2v) is 10.5. The number of halogens is 2. The molecule has 40 heavy (non-hydrogen) atoms. The third-order valence-electron chi connectivity index (χ3n) is 7.09. The maximum Gasteiger partial charge on any atom is 0.254 e. The minimum Gasteiger partial charge on any atom is -0.391 e. The minimum absolute atomic E-state index is 0.121. The molecule has 0 bridgehead atoms. The quantitative estimate of drug-likeness (QED) is 0.386. The summed E-state index contributed by atoms with van der Waals surface area (Å²) in [5.74, 6) is -0.408. The molecule has 2 amide bonds. The Morgan fingerprint density at radius 2 is 1.68 bits per heavy atom. The molecule has 0 radical (unpaired) electrons. The Kier molecular flexibility index (Phi) is 8.54. The Bertz CT molecular complexity index is 1450. The van der Waals surface area contributed by atoms with Gasteiger partial charge in [-0.05, 0) is 48.0 Å². The van der Waals surface area contributed by atoms with Gasteiger partial charge in [-0.3, -0.25) is 9.59 Å². The molecule has 0 N–H and O–H groups in total. The van der Waals surface area contributed by atoms with Crippen LogP contribution in [0.4, 0.5) is 5.69 Å². The number of piperazine rings is 1. The number of carbonyl (C=O) groups is 2. The van der Waals surface area contributed by atoms with Crippen molar-refractivity contribution in [1.29, 1.82) is 5.26 Å². The van der Waals surface area contributed by atoms with Crippen LogP contribution in [0.15, 0.2) is 78.0 Å². The van der Waals surface area contributed by atoms with E-state index in [-0.39, 0.29) is 18.4 Å². The second kappa shape index (κ2) is 12.4. The number of oxime groups is 1. The van der Waals surface area contributed by atoms with E-state index in [4.69, 9.17) is 33.3 Å². The molecule has 3 aromatic carbocycles. The zero-order chi connectivity index (χ0) is 28.1. The van der Waals surface area contributed by atoms with Crippen LogP contribution in [-0.4, -0.2) is 66.1 Å². The summed E-state index contributed by atoms with van der Waals surface area (Å²) in [6.07, 6.45) is 0.294. The lowest BCUT2D eigenvalue weighted by Gasteiger charge is -2.38. The maximum atomic E-state index is 13.8. The first kappa shape index (κ1) is 27.5. The van der Waals surface area contributed by atoms with E-state index in [1.807, 2.05) is 42.5 Å². The van der Waals surface area contributed by atoms with Gasteiger partial charge in [0.15, 0.2) is 0 Å². The van der Waals surface area contributed by atoms with Crippen LogP contribution >= 0.6 is 23.2 Å². The van der Waals surface area contributed by atoms with Crippen molar-refractivity contribution < 1.29 is 14.4 Å². The van der Waals surface area contributed by atoms with Crippen molar-refractivity contribution in [3.63, 3.8) is 0 Å². The number of hydrogen-bond acceptors (Lipinski definition) is 6. The Labute approximate surface area is 242 Å². The summed E-state index contributed by atoms with van der Waals surface area (Å²) in [5.41, 5.74) is 3.42. The van der Waals surface area contributed by atoms with Crippen LogP contribution in [0.3, 0.4) is 0 Å². The first-order valence-electron chi connectivity index (χ1n) is 12.9. The van der Waals surface area contributed by atoms with Gasteiger partial charge in [0.2, 0.25) is 5.91 Å². The highest BCUT2D eigenvalue weighted by molar-refractivity contribution is 6.42. The van der Waals surface area contributed by atoms with Crippen LogP contribution in [-0.2, 0) is 16.2 Å². The molecular formula is C30H27Cl2N5O3. The van der Waals surface area contributed by atoms with Gasteiger partial charge in [-0.15, -0.1) is 0 Å². The number of hydrogen-bond donors (Lipinski definition) is 0. The van der Waals surface area contributed by atoms with Crippen molar-refractivity contribution in [3.8, 4) is 6.07 Å². The Hall–Kier alpha value is -4.06. The standard InChI is InChI=1S/C30H27Cl2N5O3/c31-26-11-10-25(17-27(26)32)35-12-14-36(15-13-35)30(39)28-16-24(34-40-20-22-4-2-1-3-5-22)19-37(28)29(38)23-8-6-21(18-33)7-9-23/h1-11,17,28H,12-16,19-20H2/b34-24+/t28-/m0/s1. The van der Waals surface area contributed by atoms with Gasteiger partial charge in [-0.25, -0.2) is 0 Å². The molecule has 1 atom stereocenters. The fourth-order valence-electron chi connectivity index (χ4n) is 4.91. The highest BCUT2D eigenvalue weighted by Gasteiger charge is 2.41. The highest BCUT2D eigenvalue weighted by atomic mass is 35.5. The van der Waals surface area contributed by atoms with Crippen molar-refractivity contribution >= 4 is 46.4 Å². The lowest BCUT2D eigenvalue weighted by molar-refractivity contribution is -0.135. The topological polar surface area (TPSA) is 89.2 Å². The third-order valence-corrected chi connectivity index (χ3v) is 7.83. The predicted molar refractivity (Wildman–Crippen MR) is 155 cm³/mol. The molecule has 2 aliphatic rings. The normalized spacial score (nSPS) is 18.1. The van der Waals surface area contributed by atoms with Gasteiger partial charge in [-0.2, -0.15) is 5.26 Å². The van der Waals surface area contributed by atoms with E-state index in [9.17, 15) is 9.59 Å². The first-order chi connectivity index (χ1) is 19.4. The minimum atomic E-state index is -0.696. The summed E-state index contributed by atoms with van der Waals surface area (Å²) >= 11 is 12.3. The number of amides is 2. The lowest BCUT2D eigenvalue weighted by atomic mass is 10.1. The Balaban J connectivity index is 1.30. The van der Waals surface area contributed by atoms with Gasteiger partial charge in [0, 0.05) is 43.9 Å². The first-order valence-corrected chi connectivity index (χ1v) is 13.7. The third kappa shape index (κ3) is 6.22. The van der Waals surface area contributed by atoms with E-state index in [1.54, 1.807) is 40.1 Å². The molecule has 2 aliphatic heterocycles. The fraction of sp³-hybridized carbons (Fsp3) is 0.267. The number of benzene rings is 3. The molecule has 2 fully saturated rings. The second-order valence-electron chi connectivity index (χ2n) is 9.67. The monoisotopic (exact) mass is 575 g/mol. The maximum absolute atomic E-state index is 13.8. The van der Waals surface area contributed by atoms with E-state index >= 15 is 0 Å². The summed E-state index contributed by atoms with van der Waals surface area (Å²) in [6.45, 7) is 2.75. The van der Waals surface area contributed by atoms with Crippen molar-refractivity contribution in [2.45, 2.75) is 19.1 Å². The lowest BCUT2D eigenvalue weighted by Crippen LogP contribution is -2.54. The molecule has 0 aromatic heterocycles. The zero-order valence-electron chi connectivity index (χ0n) is 21.7. The van der Waals surface area contributed by atoms with Crippen molar-refractivity contribution in [3.05, 3.63) is 99.5 Å². The molecule has 0 spiro atoms. The van der Waals surface area contributed by atoms with Gasteiger partial charge in [0.25, 0.3) is 5.91 Å². The van der Waals surface area contributed by atoms with Crippen LogP contribution in [0.1, 0.15) is 27.9 Å². The molecule has 204 valence electrons. The smallest absolute Gasteiger partial charge is 0.254 e. The van der Waals surface area contributed by atoms with Gasteiger partial charge < -0.3 is 19.5 Å². The summed E-state index contributed by atoms with van der Waals surface area (Å²) in [6, 6.07) is 23.0. The zero-order valence-corrected chi connectivity index (χ0v) is 23.2. The van der Waals surface area contributed by atoms with Crippen LogP contribution in [0, 0.1) is 11.3 Å². The van der Waals surface area contributed by atoms with Gasteiger partial charge >= 0.3 is 0 Å². The summed E-state index contributed by atoms with van der Waals surface area (Å²) < 4.78 is 0. The molecule has 2 heterocycles. The van der Waals surface area contributed by atoms with E-state index < -0.39 is 6.04 Å². The van der Waals surface area contributed by atoms with E-state index in [2.05, 4.69) is 16.1 Å². The summed E-state index contributed by atoms with van der Waals surface area (Å²) in [5, 5.41) is 14.4. The van der Waals surface area contributed by atoms with E-state index in [1.165, 1.54) is 0 Å². The number of carbonyl (C=O) groups excluding carboxylic acids is 2. The molecule has 2 saturated heterocycles. The molecule has 5 rings (SSSR count). The molecule has 8 nitrogen and oxygen atoms in total. The van der Waals surface area contributed by atoms with Gasteiger partial charge in [0.1, 0.15) is 12.6 Å². The summed E-state index contributed by atoms with van der Waals surface area (Å²) in [7, 11) is 0. The average Bonchev–Trinajstić information content (AvgIpc) is 3.42. The van der Waals surface area contributed by atoms with Gasteiger partial charge in [0.05, 0.1) is 33.9 Å². The molecule has 0 unspecified atom stereocenters. The van der Waals surface area contributed by atoms with Crippen molar-refractivity contribution in [1.82, 2.24) is 9.80 Å². The SMILES string of the molecule is N#Cc1ccc(C(=O)N2C/C(=N/OCc3ccccc3)C[C@H]2C(=O)N2CCN(c3ccc(Cl)c(Cl)c3)CC2)cc1.